The number of likely N-dealkylation sites (tertiary alicyclic amines) is 2. The summed E-state index contributed by atoms with van der Waals surface area (Å²) >= 11 is 0. The topological polar surface area (TPSA) is 121 Å². The van der Waals surface area contributed by atoms with Crippen molar-refractivity contribution in [2.75, 3.05) is 26.2 Å². The van der Waals surface area contributed by atoms with E-state index in [0.29, 0.717) is 25.9 Å². The number of carboxylic acids is 1. The third-order valence-corrected chi connectivity index (χ3v) is 3.02. The van der Waals surface area contributed by atoms with Gasteiger partial charge in [0, 0.05) is 25.9 Å². The minimum Gasteiger partial charge on any atom is -0.480 e. The lowest BCUT2D eigenvalue weighted by molar-refractivity contribution is -0.142. The summed E-state index contributed by atoms with van der Waals surface area (Å²) < 4.78 is 0. The van der Waals surface area contributed by atoms with Crippen molar-refractivity contribution in [2.24, 2.45) is 5.73 Å². The lowest BCUT2D eigenvalue weighted by Gasteiger charge is -2.11. The molecule has 8 nitrogen and oxygen atoms in total. The number of aliphatic carboxylic acids is 1. The molecule has 0 radical (unpaired) electrons. The Hall–Kier alpha value is -2.12. The summed E-state index contributed by atoms with van der Waals surface area (Å²) in [6.45, 7) is 1.23. The van der Waals surface area contributed by atoms with Gasteiger partial charge in [-0.05, 0) is 12.8 Å². The van der Waals surface area contributed by atoms with Crippen molar-refractivity contribution >= 4 is 23.7 Å². The summed E-state index contributed by atoms with van der Waals surface area (Å²) in [6, 6.07) is 0. The van der Waals surface area contributed by atoms with Crippen LogP contribution in [0.25, 0.3) is 0 Å². The van der Waals surface area contributed by atoms with Crippen LogP contribution in [-0.4, -0.2) is 64.8 Å². The van der Waals surface area contributed by atoms with Crippen LogP contribution in [0.2, 0.25) is 0 Å². The third kappa shape index (κ3) is 5.25. The number of carboxylic acid groups (broad SMARTS) is 1. The molecule has 0 aromatic rings. The molecule has 2 saturated heterocycles. The average molecular weight is 285 g/mol. The van der Waals surface area contributed by atoms with Crippen LogP contribution in [-0.2, 0) is 19.2 Å². The Morgan fingerprint density at radius 2 is 1.45 bits per heavy atom. The molecule has 2 rings (SSSR count). The van der Waals surface area contributed by atoms with Crippen LogP contribution in [0.15, 0.2) is 0 Å². The van der Waals surface area contributed by atoms with E-state index in [1.54, 1.807) is 0 Å². The number of carbonyl (C=O) groups is 4. The summed E-state index contributed by atoms with van der Waals surface area (Å²) in [5.41, 5.74) is 4.90. The molecule has 3 amide bonds. The van der Waals surface area contributed by atoms with Gasteiger partial charge in [0.1, 0.15) is 6.54 Å². The van der Waals surface area contributed by atoms with Gasteiger partial charge < -0.3 is 20.6 Å². The van der Waals surface area contributed by atoms with Crippen LogP contribution in [0.3, 0.4) is 0 Å². The second kappa shape index (κ2) is 7.46. The summed E-state index contributed by atoms with van der Waals surface area (Å²) in [5.74, 6) is -1.37. The molecule has 20 heavy (non-hydrogen) atoms. The van der Waals surface area contributed by atoms with Crippen LogP contribution in [0.4, 0.5) is 0 Å². The van der Waals surface area contributed by atoms with Crippen molar-refractivity contribution in [1.82, 2.24) is 9.80 Å². The zero-order chi connectivity index (χ0) is 15.1. The summed E-state index contributed by atoms with van der Waals surface area (Å²) in [5, 5.41) is 8.30. The molecule has 0 saturated carbocycles. The molecule has 112 valence electrons. The van der Waals surface area contributed by atoms with Gasteiger partial charge in [0.15, 0.2) is 0 Å². The SMILES string of the molecule is NC(=O)CN1CCCC1=O.O=C(O)CN1CCCC1=O. The summed E-state index contributed by atoms with van der Waals surface area (Å²) in [7, 11) is 0. The molecule has 0 atom stereocenters. The monoisotopic (exact) mass is 285 g/mol. The van der Waals surface area contributed by atoms with Crippen molar-refractivity contribution < 1.29 is 24.3 Å². The van der Waals surface area contributed by atoms with Crippen molar-refractivity contribution in [3.63, 3.8) is 0 Å². The van der Waals surface area contributed by atoms with Crippen molar-refractivity contribution in [3.8, 4) is 0 Å². The zero-order valence-corrected chi connectivity index (χ0v) is 11.2. The summed E-state index contributed by atoms with van der Waals surface area (Å²) in [6.07, 6.45) is 2.72. The molecule has 0 bridgehead atoms. The number of hydrogen-bond donors (Lipinski definition) is 2. The molecule has 2 heterocycles. The Kier molecular flexibility index (Phi) is 5.95. The highest BCUT2D eigenvalue weighted by Crippen LogP contribution is 2.08. The third-order valence-electron chi connectivity index (χ3n) is 3.02. The highest BCUT2D eigenvalue weighted by atomic mass is 16.4. The zero-order valence-electron chi connectivity index (χ0n) is 11.2. The van der Waals surface area contributed by atoms with Crippen LogP contribution < -0.4 is 5.73 Å². The fourth-order valence-electron chi connectivity index (χ4n) is 2.09. The number of primary amides is 1. The Bertz CT molecular complexity index is 372. The van der Waals surface area contributed by atoms with Gasteiger partial charge in [0.05, 0.1) is 6.54 Å². The number of amides is 3. The summed E-state index contributed by atoms with van der Waals surface area (Å²) in [4.78, 5) is 44.9. The van der Waals surface area contributed by atoms with Crippen LogP contribution in [0.1, 0.15) is 25.7 Å². The smallest absolute Gasteiger partial charge is 0.323 e. The van der Waals surface area contributed by atoms with E-state index < -0.39 is 11.9 Å². The van der Waals surface area contributed by atoms with Crippen molar-refractivity contribution in [2.45, 2.75) is 25.7 Å². The fraction of sp³-hybridized carbons (Fsp3) is 0.667. The second-order valence-electron chi connectivity index (χ2n) is 4.70. The van der Waals surface area contributed by atoms with Gasteiger partial charge >= 0.3 is 5.97 Å². The molecule has 8 heteroatoms. The Morgan fingerprint density at radius 3 is 1.75 bits per heavy atom. The van der Waals surface area contributed by atoms with E-state index >= 15 is 0 Å². The van der Waals surface area contributed by atoms with Crippen LogP contribution in [0, 0.1) is 0 Å². The lowest BCUT2D eigenvalue weighted by Crippen LogP contribution is -2.34. The highest BCUT2D eigenvalue weighted by Gasteiger charge is 2.21. The maximum atomic E-state index is 10.8. The van der Waals surface area contributed by atoms with Crippen molar-refractivity contribution in [1.29, 1.82) is 0 Å². The molecule has 2 aliphatic rings. The number of nitrogens with zero attached hydrogens (tertiary/aromatic N) is 2. The molecular formula is C12H19N3O5. The molecule has 0 aromatic heterocycles. The molecule has 2 fully saturated rings. The molecule has 0 aliphatic carbocycles. The first-order valence-electron chi connectivity index (χ1n) is 6.46. The van der Waals surface area contributed by atoms with Crippen LogP contribution >= 0.6 is 0 Å². The lowest BCUT2D eigenvalue weighted by atomic mass is 10.4. The Labute approximate surface area is 116 Å². The van der Waals surface area contributed by atoms with Crippen molar-refractivity contribution in [3.05, 3.63) is 0 Å². The number of rotatable bonds is 4. The number of carbonyl (C=O) groups excluding carboxylic acids is 3. The quantitative estimate of drug-likeness (QED) is 0.671. The molecule has 0 unspecified atom stereocenters. The first kappa shape index (κ1) is 15.9. The van der Waals surface area contributed by atoms with E-state index in [2.05, 4.69) is 0 Å². The highest BCUT2D eigenvalue weighted by molar-refractivity contribution is 5.85. The first-order valence-corrected chi connectivity index (χ1v) is 6.46. The van der Waals surface area contributed by atoms with Gasteiger partial charge in [-0.15, -0.1) is 0 Å². The normalized spacial score (nSPS) is 18.0. The minimum atomic E-state index is -0.935. The molecular weight excluding hydrogens is 266 g/mol. The van der Waals surface area contributed by atoms with Crippen LogP contribution in [0.5, 0.6) is 0 Å². The Balaban J connectivity index is 0.000000200. The molecule has 3 N–H and O–H groups in total. The molecule has 0 spiro atoms. The first-order chi connectivity index (χ1) is 9.40. The van der Waals surface area contributed by atoms with Gasteiger partial charge in [-0.2, -0.15) is 0 Å². The van der Waals surface area contributed by atoms with E-state index in [4.69, 9.17) is 10.8 Å². The standard InChI is InChI=1S/C6H10N2O2.C6H9NO3/c7-5(9)4-8-3-1-2-6(8)10;8-5-2-1-3-7(5)4-6(9)10/h1-4H2,(H2,7,9);1-4H2,(H,9,10). The van der Waals surface area contributed by atoms with Gasteiger partial charge in [0.2, 0.25) is 17.7 Å². The fourth-order valence-corrected chi connectivity index (χ4v) is 2.09. The van der Waals surface area contributed by atoms with E-state index in [9.17, 15) is 19.2 Å². The average Bonchev–Trinajstić information content (AvgIpc) is 2.90. The van der Waals surface area contributed by atoms with Gasteiger partial charge in [-0.3, -0.25) is 19.2 Å². The van der Waals surface area contributed by atoms with Gasteiger partial charge in [0.25, 0.3) is 0 Å². The van der Waals surface area contributed by atoms with Gasteiger partial charge in [-0.25, -0.2) is 0 Å². The maximum absolute atomic E-state index is 10.8. The second-order valence-corrected chi connectivity index (χ2v) is 4.70. The van der Waals surface area contributed by atoms with E-state index in [-0.39, 0.29) is 24.9 Å². The minimum absolute atomic E-state index is 0.0394. The number of hydrogen-bond acceptors (Lipinski definition) is 4. The maximum Gasteiger partial charge on any atom is 0.323 e. The van der Waals surface area contributed by atoms with E-state index in [1.807, 2.05) is 0 Å². The molecule has 0 aromatic carbocycles. The molecule has 2 aliphatic heterocycles. The Morgan fingerprint density at radius 1 is 1.00 bits per heavy atom. The van der Waals surface area contributed by atoms with E-state index in [0.717, 1.165) is 12.8 Å². The largest absolute Gasteiger partial charge is 0.480 e. The predicted molar refractivity (Wildman–Crippen MR) is 68.5 cm³/mol. The van der Waals surface area contributed by atoms with Gasteiger partial charge in [-0.1, -0.05) is 0 Å². The van der Waals surface area contributed by atoms with E-state index in [1.165, 1.54) is 9.80 Å². The predicted octanol–water partition coefficient (Wildman–Crippen LogP) is -1.21. The number of nitrogens with two attached hydrogens (primary N) is 1.